The van der Waals surface area contributed by atoms with E-state index in [2.05, 4.69) is 6.08 Å². The highest BCUT2D eigenvalue weighted by Gasteiger charge is 2.13. The number of carboxylic acids is 1. The summed E-state index contributed by atoms with van der Waals surface area (Å²) in [5.41, 5.74) is 1.21. The van der Waals surface area contributed by atoms with Crippen molar-refractivity contribution in [1.82, 2.24) is 4.90 Å². The van der Waals surface area contributed by atoms with E-state index in [1.54, 1.807) is 7.05 Å². The number of rotatable bonds is 5. The Labute approximate surface area is 95.9 Å². The molecule has 0 aliphatic heterocycles. The van der Waals surface area contributed by atoms with Gasteiger partial charge >= 0.3 is 5.97 Å². The summed E-state index contributed by atoms with van der Waals surface area (Å²) in [6.07, 6.45) is 7.08. The van der Waals surface area contributed by atoms with Crippen molar-refractivity contribution in [3.8, 4) is 0 Å². The van der Waals surface area contributed by atoms with Crippen molar-refractivity contribution in [2.75, 3.05) is 13.6 Å². The summed E-state index contributed by atoms with van der Waals surface area (Å²) in [6, 6.07) is 0. The number of carbonyl (C=O) groups excluding carboxylic acids is 1. The van der Waals surface area contributed by atoms with Gasteiger partial charge in [0.15, 0.2) is 0 Å². The van der Waals surface area contributed by atoms with E-state index in [9.17, 15) is 9.59 Å². The maximum atomic E-state index is 11.7. The van der Waals surface area contributed by atoms with Crippen LogP contribution in [-0.4, -0.2) is 35.5 Å². The Morgan fingerprint density at radius 1 is 1.44 bits per heavy atom. The molecule has 4 nitrogen and oxygen atoms in total. The van der Waals surface area contributed by atoms with Gasteiger partial charge in [0.1, 0.15) is 0 Å². The molecule has 0 aromatic heterocycles. The van der Waals surface area contributed by atoms with Gasteiger partial charge in [-0.1, -0.05) is 11.6 Å². The highest BCUT2D eigenvalue weighted by molar-refractivity contribution is 5.79. The van der Waals surface area contributed by atoms with Crippen molar-refractivity contribution < 1.29 is 14.7 Å². The second-order valence-corrected chi connectivity index (χ2v) is 4.24. The number of nitrogens with zero attached hydrogens (tertiary/aromatic N) is 1. The van der Waals surface area contributed by atoms with Crippen molar-refractivity contribution in [2.45, 2.75) is 38.5 Å². The van der Waals surface area contributed by atoms with Crippen LogP contribution in [0.3, 0.4) is 0 Å². The predicted molar refractivity (Wildman–Crippen MR) is 61.1 cm³/mol. The van der Waals surface area contributed by atoms with E-state index >= 15 is 0 Å². The van der Waals surface area contributed by atoms with Gasteiger partial charge in [0.05, 0.1) is 6.42 Å². The van der Waals surface area contributed by atoms with Crippen LogP contribution in [0.4, 0.5) is 0 Å². The van der Waals surface area contributed by atoms with Crippen LogP contribution >= 0.6 is 0 Å². The summed E-state index contributed by atoms with van der Waals surface area (Å²) in [4.78, 5) is 23.6. The van der Waals surface area contributed by atoms with Gasteiger partial charge in [-0.15, -0.1) is 0 Å². The number of aliphatic carboxylic acids is 1. The van der Waals surface area contributed by atoms with Gasteiger partial charge in [-0.3, -0.25) is 9.59 Å². The summed E-state index contributed by atoms with van der Waals surface area (Å²) in [6.45, 7) is 0.293. The Morgan fingerprint density at radius 2 is 2.19 bits per heavy atom. The molecule has 1 aliphatic carbocycles. The molecule has 1 amide bonds. The van der Waals surface area contributed by atoms with Crippen LogP contribution in [0, 0.1) is 0 Å². The molecule has 0 spiro atoms. The van der Waals surface area contributed by atoms with Crippen molar-refractivity contribution in [3.05, 3.63) is 11.6 Å². The van der Waals surface area contributed by atoms with Crippen molar-refractivity contribution in [3.63, 3.8) is 0 Å². The molecule has 0 saturated carbocycles. The first kappa shape index (κ1) is 12.7. The minimum Gasteiger partial charge on any atom is -0.481 e. The van der Waals surface area contributed by atoms with E-state index < -0.39 is 5.97 Å². The highest BCUT2D eigenvalue weighted by Crippen LogP contribution is 2.20. The third kappa shape index (κ3) is 4.47. The van der Waals surface area contributed by atoms with Crippen molar-refractivity contribution in [1.29, 1.82) is 0 Å². The first-order chi connectivity index (χ1) is 7.59. The lowest BCUT2D eigenvalue weighted by Gasteiger charge is -2.18. The van der Waals surface area contributed by atoms with Crippen LogP contribution in [0.1, 0.15) is 38.5 Å². The molecule has 16 heavy (non-hydrogen) atoms. The fraction of sp³-hybridized carbons (Fsp3) is 0.667. The average Bonchev–Trinajstić information content (AvgIpc) is 2.27. The zero-order chi connectivity index (χ0) is 12.0. The van der Waals surface area contributed by atoms with E-state index in [-0.39, 0.29) is 12.3 Å². The number of carbonyl (C=O) groups is 2. The molecule has 0 bridgehead atoms. The lowest BCUT2D eigenvalue weighted by Crippen LogP contribution is -2.29. The molecule has 0 atom stereocenters. The number of hydrogen-bond acceptors (Lipinski definition) is 2. The fourth-order valence-corrected chi connectivity index (χ4v) is 1.78. The minimum absolute atomic E-state index is 0.0152. The third-order valence-corrected chi connectivity index (χ3v) is 2.85. The average molecular weight is 225 g/mol. The Balaban J connectivity index is 2.33. The molecule has 0 saturated heterocycles. The first-order valence-electron chi connectivity index (χ1n) is 5.73. The molecule has 0 unspecified atom stereocenters. The van der Waals surface area contributed by atoms with Gasteiger partial charge in [-0.2, -0.15) is 0 Å². The molecule has 1 aliphatic rings. The lowest BCUT2D eigenvalue weighted by molar-refractivity contribution is -0.138. The Bertz CT molecular complexity index is 297. The molecular weight excluding hydrogens is 206 g/mol. The molecule has 0 heterocycles. The summed E-state index contributed by atoms with van der Waals surface area (Å²) in [5.74, 6) is -0.842. The summed E-state index contributed by atoms with van der Waals surface area (Å²) in [5, 5.41) is 8.52. The largest absolute Gasteiger partial charge is 0.481 e. The quantitative estimate of drug-likeness (QED) is 0.726. The van der Waals surface area contributed by atoms with Gasteiger partial charge < -0.3 is 10.0 Å². The third-order valence-electron chi connectivity index (χ3n) is 2.85. The van der Waals surface area contributed by atoms with Crippen molar-refractivity contribution in [2.24, 2.45) is 0 Å². The zero-order valence-electron chi connectivity index (χ0n) is 9.74. The molecule has 0 aromatic carbocycles. The smallest absolute Gasteiger partial charge is 0.305 e. The van der Waals surface area contributed by atoms with Gasteiger partial charge in [0.25, 0.3) is 0 Å². The van der Waals surface area contributed by atoms with E-state index in [1.165, 1.54) is 16.9 Å². The van der Waals surface area contributed by atoms with Gasteiger partial charge in [-0.25, -0.2) is 0 Å². The van der Waals surface area contributed by atoms with E-state index in [4.69, 9.17) is 5.11 Å². The van der Waals surface area contributed by atoms with E-state index in [0.717, 1.165) is 19.3 Å². The number of carboxylic acid groups (broad SMARTS) is 1. The first-order valence-corrected chi connectivity index (χ1v) is 5.73. The van der Waals surface area contributed by atoms with Crippen molar-refractivity contribution >= 4 is 11.9 Å². The Morgan fingerprint density at radius 3 is 2.75 bits per heavy atom. The molecule has 1 N–H and O–H groups in total. The molecule has 0 radical (unpaired) electrons. The standard InChI is InChI=1S/C12H19NO3/c1-13(8-7-12(15)16)11(14)9-10-5-3-2-4-6-10/h5H,2-4,6-9H2,1H3,(H,15,16). The Kier molecular flexibility index (Phi) is 5.02. The van der Waals surface area contributed by atoms with Gasteiger partial charge in [0.2, 0.25) is 5.91 Å². The van der Waals surface area contributed by atoms with Crippen LogP contribution in [0.15, 0.2) is 11.6 Å². The fourth-order valence-electron chi connectivity index (χ4n) is 1.78. The molecule has 0 fully saturated rings. The van der Waals surface area contributed by atoms with E-state index in [0.29, 0.717) is 13.0 Å². The summed E-state index contributed by atoms with van der Waals surface area (Å²) >= 11 is 0. The minimum atomic E-state index is -0.864. The Hall–Kier alpha value is -1.32. The molecule has 0 aromatic rings. The number of hydrogen-bond donors (Lipinski definition) is 1. The SMILES string of the molecule is CN(CCC(=O)O)C(=O)CC1=CCCCC1. The molecular formula is C12H19NO3. The van der Waals surface area contributed by atoms with Crippen LogP contribution < -0.4 is 0 Å². The monoisotopic (exact) mass is 225 g/mol. The topological polar surface area (TPSA) is 57.6 Å². The maximum Gasteiger partial charge on any atom is 0.305 e. The maximum absolute atomic E-state index is 11.7. The number of allylic oxidation sites excluding steroid dienone is 1. The normalized spacial score (nSPS) is 15.4. The summed E-state index contributed by atoms with van der Waals surface area (Å²) in [7, 11) is 1.66. The second kappa shape index (κ2) is 6.30. The second-order valence-electron chi connectivity index (χ2n) is 4.24. The van der Waals surface area contributed by atoms with Gasteiger partial charge in [0, 0.05) is 20.0 Å². The van der Waals surface area contributed by atoms with Crippen LogP contribution in [0.2, 0.25) is 0 Å². The van der Waals surface area contributed by atoms with Gasteiger partial charge in [-0.05, 0) is 25.7 Å². The molecule has 4 heteroatoms. The number of amides is 1. The zero-order valence-corrected chi connectivity index (χ0v) is 9.74. The lowest BCUT2D eigenvalue weighted by atomic mass is 9.97. The van der Waals surface area contributed by atoms with Crippen LogP contribution in [-0.2, 0) is 9.59 Å². The highest BCUT2D eigenvalue weighted by atomic mass is 16.4. The van der Waals surface area contributed by atoms with Crippen LogP contribution in [0.5, 0.6) is 0 Å². The molecule has 90 valence electrons. The van der Waals surface area contributed by atoms with E-state index in [1.807, 2.05) is 0 Å². The predicted octanol–water partition coefficient (Wildman–Crippen LogP) is 1.81. The van der Waals surface area contributed by atoms with Crippen LogP contribution in [0.25, 0.3) is 0 Å². The summed E-state index contributed by atoms with van der Waals surface area (Å²) < 4.78 is 0. The molecule has 1 rings (SSSR count).